The summed E-state index contributed by atoms with van der Waals surface area (Å²) in [5.41, 5.74) is 3.72. The van der Waals surface area contributed by atoms with Gasteiger partial charge < -0.3 is 14.5 Å². The highest BCUT2D eigenvalue weighted by Crippen LogP contribution is 2.45. The van der Waals surface area contributed by atoms with Gasteiger partial charge in [0, 0.05) is 0 Å². The lowest BCUT2D eigenvalue weighted by molar-refractivity contribution is -0.0140. The molecule has 1 unspecified atom stereocenters. The van der Waals surface area contributed by atoms with Crippen molar-refractivity contribution < 1.29 is 14.0 Å². The van der Waals surface area contributed by atoms with E-state index in [1.165, 1.54) is 19.2 Å². The molecule has 3 rings (SSSR count). The summed E-state index contributed by atoms with van der Waals surface area (Å²) in [6.45, 7) is 1.50. The van der Waals surface area contributed by atoms with Gasteiger partial charge in [0.2, 0.25) is 0 Å². The predicted molar refractivity (Wildman–Crippen MR) is 101 cm³/mol. The molecule has 26 heavy (non-hydrogen) atoms. The number of fused-ring (bicyclic) bond motifs is 1. The van der Waals surface area contributed by atoms with Crippen molar-refractivity contribution in [3.8, 4) is 0 Å². The maximum atomic E-state index is 13.4. The first-order valence-electron chi connectivity index (χ1n) is 8.80. The zero-order chi connectivity index (χ0) is 18.6. The molecule has 0 radical (unpaired) electrons. The lowest BCUT2D eigenvalue weighted by Crippen LogP contribution is -2.28. The highest BCUT2D eigenvalue weighted by molar-refractivity contribution is 5.79. The average molecular weight is 356 g/mol. The highest BCUT2D eigenvalue weighted by atomic mass is 19.1. The van der Waals surface area contributed by atoms with Crippen LogP contribution in [0, 0.1) is 5.82 Å². The van der Waals surface area contributed by atoms with Crippen LogP contribution in [0.4, 0.5) is 4.39 Å². The van der Waals surface area contributed by atoms with Crippen LogP contribution in [-0.2, 0) is 21.8 Å². The molecule has 2 aromatic rings. The Labute approximate surface area is 154 Å². The van der Waals surface area contributed by atoms with Crippen molar-refractivity contribution in [2.75, 3.05) is 27.7 Å². The van der Waals surface area contributed by atoms with Crippen LogP contribution in [0.1, 0.15) is 35.1 Å². The molecule has 1 aliphatic rings. The number of benzene rings is 2. The summed E-state index contributed by atoms with van der Waals surface area (Å²) in [5.74, 6) is -0.235. The molecule has 1 atom stereocenters. The second kappa shape index (κ2) is 7.98. The van der Waals surface area contributed by atoms with Crippen molar-refractivity contribution in [1.82, 2.24) is 4.90 Å². The molecule has 0 saturated carbocycles. The summed E-state index contributed by atoms with van der Waals surface area (Å²) in [6, 6.07) is 12.9. The van der Waals surface area contributed by atoms with E-state index in [2.05, 4.69) is 36.3 Å². The molecule has 4 nitrogen and oxygen atoms in total. The standard InChI is InChI=1S/C21H25FN2O2/c1-24(2)12-4-11-21(18-6-8-19(22)9-7-18)20-10-5-16(14-23-25-3)13-17(20)15-26-21/h5-10,13-14H,4,11-12,15H2,1-3H3/b23-14+. The van der Waals surface area contributed by atoms with Crippen LogP contribution in [0.2, 0.25) is 0 Å². The Morgan fingerprint density at radius 2 is 2.00 bits per heavy atom. The third-order valence-electron chi connectivity index (χ3n) is 4.79. The zero-order valence-corrected chi connectivity index (χ0v) is 15.5. The van der Waals surface area contributed by atoms with Crippen LogP contribution in [-0.4, -0.2) is 38.9 Å². The minimum absolute atomic E-state index is 0.235. The number of halogens is 1. The Bertz CT molecular complexity index is 774. The second-order valence-electron chi connectivity index (χ2n) is 6.86. The minimum atomic E-state index is -0.532. The Morgan fingerprint density at radius 3 is 2.69 bits per heavy atom. The molecule has 1 heterocycles. The van der Waals surface area contributed by atoms with E-state index in [-0.39, 0.29) is 5.82 Å². The molecule has 0 bridgehead atoms. The fourth-order valence-corrected chi connectivity index (χ4v) is 3.55. The first-order chi connectivity index (χ1) is 12.5. The van der Waals surface area contributed by atoms with Gasteiger partial charge in [0.1, 0.15) is 18.5 Å². The summed E-state index contributed by atoms with van der Waals surface area (Å²) in [6.07, 6.45) is 3.51. The van der Waals surface area contributed by atoms with Gasteiger partial charge in [0.05, 0.1) is 12.8 Å². The van der Waals surface area contributed by atoms with Crippen LogP contribution >= 0.6 is 0 Å². The van der Waals surface area contributed by atoms with E-state index in [9.17, 15) is 4.39 Å². The van der Waals surface area contributed by atoms with Gasteiger partial charge >= 0.3 is 0 Å². The number of hydrogen-bond acceptors (Lipinski definition) is 4. The minimum Gasteiger partial charge on any atom is -0.399 e. The fraction of sp³-hybridized carbons (Fsp3) is 0.381. The van der Waals surface area contributed by atoms with Gasteiger partial charge in [-0.15, -0.1) is 0 Å². The SMILES string of the molecule is CO/N=C/c1ccc2c(c1)COC2(CCCN(C)C)c1ccc(F)cc1. The molecule has 138 valence electrons. The fourth-order valence-electron chi connectivity index (χ4n) is 3.55. The molecule has 0 saturated heterocycles. The van der Waals surface area contributed by atoms with Crippen molar-refractivity contribution in [1.29, 1.82) is 0 Å². The average Bonchev–Trinajstić information content (AvgIpc) is 2.99. The molecule has 0 spiro atoms. The van der Waals surface area contributed by atoms with E-state index in [4.69, 9.17) is 9.57 Å². The summed E-state index contributed by atoms with van der Waals surface area (Å²) in [7, 11) is 5.65. The van der Waals surface area contributed by atoms with Crippen LogP contribution in [0.25, 0.3) is 0 Å². The van der Waals surface area contributed by atoms with E-state index in [1.807, 2.05) is 18.2 Å². The normalized spacial score (nSPS) is 19.3. The first kappa shape index (κ1) is 18.5. The van der Waals surface area contributed by atoms with E-state index in [0.29, 0.717) is 6.61 Å². The Balaban J connectivity index is 1.98. The third-order valence-corrected chi connectivity index (χ3v) is 4.79. The molecular formula is C21H25FN2O2. The highest BCUT2D eigenvalue weighted by Gasteiger charge is 2.41. The van der Waals surface area contributed by atoms with Gasteiger partial charge in [0.25, 0.3) is 0 Å². The number of oxime groups is 1. The van der Waals surface area contributed by atoms with Gasteiger partial charge in [-0.1, -0.05) is 29.4 Å². The molecule has 0 fully saturated rings. The van der Waals surface area contributed by atoms with Crippen molar-refractivity contribution in [3.05, 3.63) is 70.5 Å². The van der Waals surface area contributed by atoms with E-state index < -0.39 is 5.60 Å². The molecule has 1 aliphatic heterocycles. The summed E-state index contributed by atoms with van der Waals surface area (Å²) in [5, 5.41) is 3.83. The molecule has 5 heteroatoms. The lowest BCUT2D eigenvalue weighted by atomic mass is 9.81. The van der Waals surface area contributed by atoms with Crippen LogP contribution in [0.15, 0.2) is 47.6 Å². The van der Waals surface area contributed by atoms with Gasteiger partial charge in [-0.3, -0.25) is 0 Å². The quantitative estimate of drug-likeness (QED) is 0.557. The predicted octanol–water partition coefficient (Wildman–Crippen LogP) is 3.92. The maximum Gasteiger partial charge on any atom is 0.123 e. The number of ether oxygens (including phenoxy) is 1. The molecule has 0 amide bonds. The molecular weight excluding hydrogens is 331 g/mol. The van der Waals surface area contributed by atoms with E-state index in [1.54, 1.807) is 6.21 Å². The smallest absolute Gasteiger partial charge is 0.123 e. The van der Waals surface area contributed by atoms with Crippen molar-refractivity contribution in [2.24, 2.45) is 5.16 Å². The summed E-state index contributed by atoms with van der Waals surface area (Å²) >= 11 is 0. The molecule has 0 aromatic heterocycles. The number of hydrogen-bond donors (Lipinski definition) is 0. The zero-order valence-electron chi connectivity index (χ0n) is 15.5. The number of nitrogens with zero attached hydrogens (tertiary/aromatic N) is 2. The Kier molecular flexibility index (Phi) is 5.69. The van der Waals surface area contributed by atoms with Gasteiger partial charge in [0.15, 0.2) is 0 Å². The van der Waals surface area contributed by atoms with Crippen LogP contribution in [0.5, 0.6) is 0 Å². The Morgan fingerprint density at radius 1 is 1.23 bits per heavy atom. The van der Waals surface area contributed by atoms with Crippen molar-refractivity contribution >= 4 is 6.21 Å². The first-order valence-corrected chi connectivity index (χ1v) is 8.80. The van der Waals surface area contributed by atoms with E-state index in [0.717, 1.165) is 41.6 Å². The van der Waals surface area contributed by atoms with E-state index >= 15 is 0 Å². The van der Waals surface area contributed by atoms with Crippen molar-refractivity contribution in [3.63, 3.8) is 0 Å². The van der Waals surface area contributed by atoms with Crippen LogP contribution in [0.3, 0.4) is 0 Å². The van der Waals surface area contributed by atoms with Gasteiger partial charge in [-0.05, 0) is 73.9 Å². The topological polar surface area (TPSA) is 34.1 Å². The summed E-state index contributed by atoms with van der Waals surface area (Å²) in [4.78, 5) is 6.93. The third kappa shape index (κ3) is 3.79. The van der Waals surface area contributed by atoms with Crippen LogP contribution < -0.4 is 0 Å². The monoisotopic (exact) mass is 356 g/mol. The molecule has 0 aliphatic carbocycles. The van der Waals surface area contributed by atoms with Gasteiger partial charge in [-0.2, -0.15) is 0 Å². The maximum absolute atomic E-state index is 13.4. The summed E-state index contributed by atoms with van der Waals surface area (Å²) < 4.78 is 19.8. The largest absolute Gasteiger partial charge is 0.399 e. The number of rotatable bonds is 7. The molecule has 2 aromatic carbocycles. The molecule has 0 N–H and O–H groups in total. The second-order valence-corrected chi connectivity index (χ2v) is 6.86. The Hall–Kier alpha value is -2.24. The van der Waals surface area contributed by atoms with Gasteiger partial charge in [-0.25, -0.2) is 4.39 Å². The lowest BCUT2D eigenvalue weighted by Gasteiger charge is -2.31. The van der Waals surface area contributed by atoms with Crippen molar-refractivity contribution in [2.45, 2.75) is 25.0 Å².